The zero-order valence-corrected chi connectivity index (χ0v) is 20.2. The molecule has 0 radical (unpaired) electrons. The van der Waals surface area contributed by atoms with Gasteiger partial charge in [-0.1, -0.05) is 18.2 Å². The lowest BCUT2D eigenvalue weighted by Crippen LogP contribution is -2.57. The number of carbonyl (C=O) groups is 3. The van der Waals surface area contributed by atoms with Crippen LogP contribution < -0.4 is 15.9 Å². The van der Waals surface area contributed by atoms with Crippen molar-refractivity contribution >= 4 is 23.4 Å². The Morgan fingerprint density at radius 3 is 2.78 bits per heavy atom. The maximum absolute atomic E-state index is 14.3. The van der Waals surface area contributed by atoms with Crippen LogP contribution in [0.2, 0.25) is 0 Å². The Kier molecular flexibility index (Phi) is 5.66. The minimum Gasteiger partial charge on any atom is -0.356 e. The Morgan fingerprint density at radius 2 is 1.94 bits per heavy atom. The lowest BCUT2D eigenvalue weighted by Gasteiger charge is -2.38. The smallest absolute Gasteiger partial charge is 0.340 e. The molecule has 1 aromatic carbocycles. The maximum Gasteiger partial charge on any atom is 0.340 e. The van der Waals surface area contributed by atoms with Crippen molar-refractivity contribution in [1.82, 2.24) is 30.3 Å². The summed E-state index contributed by atoms with van der Waals surface area (Å²) in [5.41, 5.74) is 0.389. The summed E-state index contributed by atoms with van der Waals surface area (Å²) in [5.74, 6) is -0.177. The molecule has 1 spiro atoms. The Labute approximate surface area is 208 Å². The van der Waals surface area contributed by atoms with Crippen LogP contribution in [-0.2, 0) is 26.3 Å². The average molecular weight is 494 g/mol. The molecule has 11 heteroatoms. The van der Waals surface area contributed by atoms with E-state index in [2.05, 4.69) is 25.4 Å². The maximum atomic E-state index is 14.3. The van der Waals surface area contributed by atoms with Gasteiger partial charge in [-0.3, -0.25) is 24.3 Å². The van der Waals surface area contributed by atoms with Gasteiger partial charge in [-0.15, -0.1) is 0 Å². The second-order valence-electron chi connectivity index (χ2n) is 10.2. The molecule has 3 N–H and O–H groups in total. The van der Waals surface area contributed by atoms with E-state index in [0.717, 1.165) is 30.6 Å². The summed E-state index contributed by atoms with van der Waals surface area (Å²) in [6.07, 6.45) is 3.87. The van der Waals surface area contributed by atoms with Crippen molar-refractivity contribution in [3.05, 3.63) is 46.1 Å². The van der Waals surface area contributed by atoms with Gasteiger partial charge in [-0.2, -0.15) is 5.10 Å². The lowest BCUT2D eigenvalue weighted by atomic mass is 9.78. The van der Waals surface area contributed by atoms with E-state index in [0.29, 0.717) is 51.3 Å². The highest BCUT2D eigenvalue weighted by atomic mass is 16.2. The van der Waals surface area contributed by atoms with Gasteiger partial charge in [0.25, 0.3) is 5.91 Å². The summed E-state index contributed by atoms with van der Waals surface area (Å²) in [5, 5.41) is 9.27. The Balaban J connectivity index is 1.30. The SMILES string of the molecule is O=C1NCCCN(C(=O)CCc2n[nH]c(=O)[nH]2)CCN2C(=O)[C@@]3(c4ccccc42)[C@H]1C[C@@H]1CCCN13. The minimum absolute atomic E-state index is 0.0460. The van der Waals surface area contributed by atoms with Crippen LogP contribution in [-0.4, -0.2) is 81.5 Å². The molecule has 6 rings (SSSR count). The van der Waals surface area contributed by atoms with Crippen LogP contribution in [0.25, 0.3) is 0 Å². The topological polar surface area (TPSA) is 134 Å². The molecule has 3 saturated heterocycles. The fourth-order valence-corrected chi connectivity index (χ4v) is 6.78. The molecule has 5 heterocycles. The van der Waals surface area contributed by atoms with Crippen molar-refractivity contribution in [1.29, 1.82) is 0 Å². The largest absolute Gasteiger partial charge is 0.356 e. The molecule has 3 amide bonds. The molecular weight excluding hydrogens is 462 g/mol. The van der Waals surface area contributed by atoms with E-state index in [-0.39, 0.29) is 30.2 Å². The van der Waals surface area contributed by atoms with Crippen molar-refractivity contribution in [3.63, 3.8) is 0 Å². The summed E-state index contributed by atoms with van der Waals surface area (Å²) in [7, 11) is 0. The van der Waals surface area contributed by atoms with Gasteiger partial charge in [0.15, 0.2) is 0 Å². The van der Waals surface area contributed by atoms with Gasteiger partial charge in [-0.25, -0.2) is 9.89 Å². The predicted octanol–water partition coefficient (Wildman–Crippen LogP) is 0.106. The number of aromatic nitrogens is 3. The van der Waals surface area contributed by atoms with Gasteiger partial charge in [0.1, 0.15) is 11.4 Å². The number of benzene rings is 1. The molecule has 0 saturated carbocycles. The normalized spacial score (nSPS) is 28.2. The van der Waals surface area contributed by atoms with E-state index in [1.807, 2.05) is 24.3 Å². The molecule has 2 aromatic rings. The number of aryl methyl sites for hydroxylation is 1. The molecule has 0 unspecified atom stereocenters. The highest BCUT2D eigenvalue weighted by Crippen LogP contribution is 2.56. The van der Waals surface area contributed by atoms with Crippen LogP contribution in [0, 0.1) is 5.92 Å². The molecule has 3 atom stereocenters. The summed E-state index contributed by atoms with van der Waals surface area (Å²) in [6.45, 7) is 2.50. The Morgan fingerprint density at radius 1 is 1.08 bits per heavy atom. The molecule has 1 aromatic heterocycles. The molecule has 36 heavy (non-hydrogen) atoms. The first-order chi connectivity index (χ1) is 17.5. The number of nitrogens with zero attached hydrogens (tertiary/aromatic N) is 4. The van der Waals surface area contributed by atoms with Crippen LogP contribution >= 0.6 is 0 Å². The van der Waals surface area contributed by atoms with E-state index in [9.17, 15) is 19.2 Å². The van der Waals surface area contributed by atoms with Gasteiger partial charge in [-0.05, 0) is 38.3 Å². The zero-order valence-electron chi connectivity index (χ0n) is 20.2. The van der Waals surface area contributed by atoms with E-state index in [1.165, 1.54) is 0 Å². The fourth-order valence-electron chi connectivity index (χ4n) is 6.78. The van der Waals surface area contributed by atoms with Crippen molar-refractivity contribution in [2.45, 2.75) is 50.1 Å². The van der Waals surface area contributed by atoms with Crippen LogP contribution in [0.3, 0.4) is 0 Å². The van der Waals surface area contributed by atoms with E-state index in [4.69, 9.17) is 0 Å². The minimum atomic E-state index is -0.971. The standard InChI is InChI=1S/C25H31N7O4/c33-21(9-8-20-27-24(36)29-28-20)30-11-4-10-26-22(34)18-15-16-5-3-12-32(16)25(18)17-6-1-2-7-19(17)31(14-13-30)23(25)35/h1-2,6-7,16,18H,3-5,8-15H2,(H,26,34)(H2,27,28,29,36)/t16-,18-,25+/m0/s1. The quantitative estimate of drug-likeness (QED) is 0.556. The first kappa shape index (κ1) is 23.0. The summed E-state index contributed by atoms with van der Waals surface area (Å²) >= 11 is 0. The average Bonchev–Trinajstić information content (AvgIpc) is 3.62. The number of H-pyrrole nitrogens is 2. The number of aromatic amines is 2. The number of anilines is 1. The predicted molar refractivity (Wildman–Crippen MR) is 130 cm³/mol. The van der Waals surface area contributed by atoms with Crippen molar-refractivity contribution < 1.29 is 14.4 Å². The molecule has 11 nitrogen and oxygen atoms in total. The van der Waals surface area contributed by atoms with Gasteiger partial charge in [0.05, 0.1) is 5.92 Å². The molecule has 3 fully saturated rings. The molecule has 0 aliphatic carbocycles. The fraction of sp³-hybridized carbons (Fsp3) is 0.560. The second kappa shape index (κ2) is 8.88. The third-order valence-electron chi connectivity index (χ3n) is 8.31. The number of rotatable bonds is 3. The van der Waals surface area contributed by atoms with Crippen molar-refractivity contribution in [2.24, 2.45) is 5.92 Å². The van der Waals surface area contributed by atoms with Gasteiger partial charge in [0.2, 0.25) is 11.8 Å². The zero-order chi connectivity index (χ0) is 24.9. The molecular formula is C25H31N7O4. The molecule has 2 bridgehead atoms. The number of hydrogen-bond donors (Lipinski definition) is 3. The van der Waals surface area contributed by atoms with Crippen molar-refractivity contribution in [2.75, 3.05) is 37.6 Å². The van der Waals surface area contributed by atoms with Gasteiger partial charge < -0.3 is 15.1 Å². The third-order valence-corrected chi connectivity index (χ3v) is 8.31. The number of amides is 3. The number of nitrogens with one attached hydrogen (secondary N) is 3. The molecule has 190 valence electrons. The van der Waals surface area contributed by atoms with E-state index < -0.39 is 17.1 Å². The molecule has 4 aliphatic rings. The highest BCUT2D eigenvalue weighted by Gasteiger charge is 2.67. The number of para-hydroxylation sites is 1. The third kappa shape index (κ3) is 3.47. The number of carbonyl (C=O) groups excluding carboxylic acids is 3. The summed E-state index contributed by atoms with van der Waals surface area (Å²) < 4.78 is 0. The molecule has 4 aliphatic heterocycles. The van der Waals surface area contributed by atoms with Crippen LogP contribution in [0.5, 0.6) is 0 Å². The lowest BCUT2D eigenvalue weighted by molar-refractivity contribution is -0.139. The van der Waals surface area contributed by atoms with Gasteiger partial charge >= 0.3 is 5.69 Å². The summed E-state index contributed by atoms with van der Waals surface area (Å²) in [6, 6.07) is 8.06. The number of fused-ring (bicyclic) bond motifs is 4. The summed E-state index contributed by atoms with van der Waals surface area (Å²) in [4.78, 5) is 60.7. The first-order valence-corrected chi connectivity index (χ1v) is 12.9. The van der Waals surface area contributed by atoms with E-state index in [1.54, 1.807) is 9.80 Å². The second-order valence-corrected chi connectivity index (χ2v) is 10.2. The van der Waals surface area contributed by atoms with Crippen LogP contribution in [0.15, 0.2) is 29.1 Å². The number of hydrogen-bond acceptors (Lipinski definition) is 6. The van der Waals surface area contributed by atoms with Gasteiger partial charge in [0, 0.05) is 56.3 Å². The monoisotopic (exact) mass is 493 g/mol. The van der Waals surface area contributed by atoms with Crippen LogP contribution in [0.4, 0.5) is 5.69 Å². The Hall–Kier alpha value is -3.47. The van der Waals surface area contributed by atoms with Crippen molar-refractivity contribution in [3.8, 4) is 0 Å². The van der Waals surface area contributed by atoms with Crippen LogP contribution in [0.1, 0.15) is 43.5 Å². The highest BCUT2D eigenvalue weighted by molar-refractivity contribution is 6.11. The first-order valence-electron chi connectivity index (χ1n) is 12.9. The van der Waals surface area contributed by atoms with E-state index >= 15 is 0 Å². The Bertz CT molecular complexity index is 1250.